The molecule has 1 heterocycles. The molecule has 18 heavy (non-hydrogen) atoms. The van der Waals surface area contributed by atoms with E-state index in [1.54, 1.807) is 25.2 Å². The topological polar surface area (TPSA) is 95.9 Å². The van der Waals surface area contributed by atoms with Crippen LogP contribution in [0.15, 0.2) is 18.2 Å². The second-order valence-corrected chi connectivity index (χ2v) is 3.85. The first-order valence-corrected chi connectivity index (χ1v) is 5.32. The van der Waals surface area contributed by atoms with Crippen molar-refractivity contribution in [1.29, 1.82) is 0 Å². The van der Waals surface area contributed by atoms with Crippen molar-refractivity contribution >= 4 is 11.7 Å². The summed E-state index contributed by atoms with van der Waals surface area (Å²) in [7, 11) is 1.64. The van der Waals surface area contributed by atoms with Crippen LogP contribution in [0, 0.1) is 6.92 Å². The number of rotatable bonds is 3. The van der Waals surface area contributed by atoms with Gasteiger partial charge >= 0.3 is 5.97 Å². The smallest absolute Gasteiger partial charge is 0.338 e. The van der Waals surface area contributed by atoms with Gasteiger partial charge in [-0.3, -0.25) is 0 Å². The molecular weight excluding hydrogens is 234 g/mol. The van der Waals surface area contributed by atoms with Crippen molar-refractivity contribution in [1.82, 2.24) is 20.2 Å². The molecule has 2 N–H and O–H groups in total. The summed E-state index contributed by atoms with van der Waals surface area (Å²) in [6.45, 7) is 1.80. The van der Waals surface area contributed by atoms with E-state index in [9.17, 15) is 4.79 Å². The van der Waals surface area contributed by atoms with Crippen LogP contribution in [0.25, 0.3) is 0 Å². The Morgan fingerprint density at radius 3 is 2.94 bits per heavy atom. The maximum atomic E-state index is 11.8. The van der Waals surface area contributed by atoms with Gasteiger partial charge in [0.2, 0.25) is 5.82 Å². The monoisotopic (exact) mass is 247 g/mol. The van der Waals surface area contributed by atoms with Crippen LogP contribution in [-0.4, -0.2) is 26.2 Å². The van der Waals surface area contributed by atoms with Crippen molar-refractivity contribution in [3.8, 4) is 0 Å². The lowest BCUT2D eigenvalue weighted by Crippen LogP contribution is -2.08. The van der Waals surface area contributed by atoms with Gasteiger partial charge in [-0.25, -0.2) is 4.79 Å². The Balaban J connectivity index is 2.05. The Morgan fingerprint density at radius 1 is 1.50 bits per heavy atom. The molecule has 1 aromatic carbocycles. The van der Waals surface area contributed by atoms with Crippen LogP contribution in [0.2, 0.25) is 0 Å². The van der Waals surface area contributed by atoms with Gasteiger partial charge in [-0.1, -0.05) is 6.07 Å². The van der Waals surface area contributed by atoms with Crippen LogP contribution in [0.1, 0.15) is 21.7 Å². The fourth-order valence-corrected chi connectivity index (χ4v) is 1.45. The molecule has 0 spiro atoms. The van der Waals surface area contributed by atoms with E-state index in [0.717, 1.165) is 5.56 Å². The molecule has 7 nitrogen and oxygen atoms in total. The van der Waals surface area contributed by atoms with Crippen LogP contribution in [-0.2, 0) is 18.4 Å². The number of ether oxygens (including phenoxy) is 1. The highest BCUT2D eigenvalue weighted by Crippen LogP contribution is 2.14. The Bertz CT molecular complexity index is 579. The fourth-order valence-electron chi connectivity index (χ4n) is 1.45. The first kappa shape index (κ1) is 12.0. The molecule has 7 heteroatoms. The SMILES string of the molecule is Cc1ccc(N)cc1C(=O)OCc1nnn(C)n1. The van der Waals surface area contributed by atoms with E-state index in [2.05, 4.69) is 15.4 Å². The van der Waals surface area contributed by atoms with Gasteiger partial charge in [0.1, 0.15) is 0 Å². The van der Waals surface area contributed by atoms with Gasteiger partial charge in [-0.15, -0.1) is 10.2 Å². The summed E-state index contributed by atoms with van der Waals surface area (Å²) >= 11 is 0. The van der Waals surface area contributed by atoms with Crippen molar-refractivity contribution in [2.75, 3.05) is 5.73 Å². The van der Waals surface area contributed by atoms with Crippen LogP contribution < -0.4 is 5.73 Å². The normalized spacial score (nSPS) is 10.3. The minimum absolute atomic E-state index is 0.0130. The molecule has 0 bridgehead atoms. The van der Waals surface area contributed by atoms with Crippen molar-refractivity contribution in [3.05, 3.63) is 35.2 Å². The molecule has 0 saturated carbocycles. The van der Waals surface area contributed by atoms with Crippen LogP contribution in [0.4, 0.5) is 5.69 Å². The number of esters is 1. The number of hydrogen-bond donors (Lipinski definition) is 1. The lowest BCUT2D eigenvalue weighted by Gasteiger charge is -2.06. The number of anilines is 1. The predicted molar refractivity (Wildman–Crippen MR) is 63.5 cm³/mol. The fraction of sp³-hybridized carbons (Fsp3) is 0.273. The highest BCUT2D eigenvalue weighted by molar-refractivity contribution is 5.92. The zero-order valence-electron chi connectivity index (χ0n) is 10.1. The molecule has 0 aliphatic heterocycles. The van der Waals surface area contributed by atoms with Gasteiger partial charge < -0.3 is 10.5 Å². The lowest BCUT2D eigenvalue weighted by molar-refractivity contribution is 0.0461. The summed E-state index contributed by atoms with van der Waals surface area (Å²) in [6, 6.07) is 5.09. The summed E-state index contributed by atoms with van der Waals surface area (Å²) in [6.07, 6.45) is 0. The Morgan fingerprint density at radius 2 is 2.28 bits per heavy atom. The van der Waals surface area contributed by atoms with Crippen LogP contribution >= 0.6 is 0 Å². The van der Waals surface area contributed by atoms with Crippen molar-refractivity contribution in [2.45, 2.75) is 13.5 Å². The van der Waals surface area contributed by atoms with E-state index in [1.807, 2.05) is 6.92 Å². The number of nitrogens with two attached hydrogens (primary N) is 1. The summed E-state index contributed by atoms with van der Waals surface area (Å²) in [5, 5.41) is 11.3. The number of nitrogen functional groups attached to an aromatic ring is 1. The van der Waals surface area contributed by atoms with E-state index < -0.39 is 5.97 Å². The van der Waals surface area contributed by atoms with Crippen molar-refractivity contribution in [2.24, 2.45) is 7.05 Å². The first-order valence-electron chi connectivity index (χ1n) is 5.32. The molecule has 0 amide bonds. The molecule has 0 fully saturated rings. The number of aryl methyl sites for hydroxylation is 2. The third-order valence-corrected chi connectivity index (χ3v) is 2.36. The lowest BCUT2D eigenvalue weighted by atomic mass is 10.1. The highest BCUT2D eigenvalue weighted by atomic mass is 16.5. The van der Waals surface area contributed by atoms with Gasteiger partial charge in [0, 0.05) is 5.69 Å². The van der Waals surface area contributed by atoms with Gasteiger partial charge in [0.15, 0.2) is 6.61 Å². The third kappa shape index (κ3) is 2.62. The number of hydrogen-bond acceptors (Lipinski definition) is 6. The summed E-state index contributed by atoms with van der Waals surface area (Å²) in [4.78, 5) is 13.1. The standard InChI is InChI=1S/C11H13N5O2/c1-7-3-4-8(12)5-9(7)11(17)18-6-10-13-15-16(2)14-10/h3-5H,6,12H2,1-2H3. The highest BCUT2D eigenvalue weighted by Gasteiger charge is 2.12. The molecular formula is C11H13N5O2. The molecule has 0 unspecified atom stereocenters. The maximum Gasteiger partial charge on any atom is 0.338 e. The van der Waals surface area contributed by atoms with Crippen molar-refractivity contribution < 1.29 is 9.53 Å². The number of tetrazole rings is 1. The molecule has 0 aliphatic carbocycles. The van der Waals surface area contributed by atoms with E-state index >= 15 is 0 Å². The quantitative estimate of drug-likeness (QED) is 0.625. The largest absolute Gasteiger partial charge is 0.454 e. The van der Waals surface area contributed by atoms with Crippen LogP contribution in [0.5, 0.6) is 0 Å². The van der Waals surface area contributed by atoms with Gasteiger partial charge in [0.25, 0.3) is 0 Å². The molecule has 0 saturated heterocycles. The minimum atomic E-state index is -0.452. The Hall–Kier alpha value is -2.44. The minimum Gasteiger partial charge on any atom is -0.454 e. The molecule has 0 radical (unpaired) electrons. The molecule has 1 aromatic heterocycles. The summed E-state index contributed by atoms with van der Waals surface area (Å²) in [5.74, 6) is -0.0975. The molecule has 2 rings (SSSR count). The second-order valence-electron chi connectivity index (χ2n) is 3.85. The van der Waals surface area contributed by atoms with Crippen LogP contribution in [0.3, 0.4) is 0 Å². The van der Waals surface area contributed by atoms with E-state index in [-0.39, 0.29) is 6.61 Å². The Labute approximate surface area is 104 Å². The molecule has 94 valence electrons. The van der Waals surface area contributed by atoms with E-state index in [0.29, 0.717) is 17.1 Å². The average molecular weight is 247 g/mol. The van der Waals surface area contributed by atoms with E-state index in [1.165, 1.54) is 4.80 Å². The third-order valence-electron chi connectivity index (χ3n) is 2.36. The summed E-state index contributed by atoms with van der Waals surface area (Å²) < 4.78 is 5.09. The number of benzene rings is 1. The summed E-state index contributed by atoms with van der Waals surface area (Å²) in [5.41, 5.74) is 7.40. The zero-order valence-corrected chi connectivity index (χ0v) is 10.1. The molecule has 0 aliphatic rings. The van der Waals surface area contributed by atoms with Gasteiger partial charge in [0.05, 0.1) is 12.6 Å². The van der Waals surface area contributed by atoms with Gasteiger partial charge in [-0.05, 0) is 29.8 Å². The molecule has 0 atom stereocenters. The Kier molecular flexibility index (Phi) is 3.22. The second kappa shape index (κ2) is 4.82. The van der Waals surface area contributed by atoms with Crippen molar-refractivity contribution in [3.63, 3.8) is 0 Å². The predicted octanol–water partition coefficient (Wildman–Crippen LogP) is 0.458. The number of nitrogens with zero attached hydrogens (tertiary/aromatic N) is 4. The number of carbonyl (C=O) groups is 1. The number of aromatic nitrogens is 4. The van der Waals surface area contributed by atoms with Gasteiger partial charge in [-0.2, -0.15) is 4.80 Å². The average Bonchev–Trinajstić information content (AvgIpc) is 2.75. The number of carbonyl (C=O) groups excluding carboxylic acids is 1. The molecule has 2 aromatic rings. The van der Waals surface area contributed by atoms with E-state index in [4.69, 9.17) is 10.5 Å². The zero-order chi connectivity index (χ0) is 13.1. The maximum absolute atomic E-state index is 11.8. The first-order chi connectivity index (χ1) is 8.56.